The molecule has 0 atom stereocenters. The van der Waals surface area contributed by atoms with E-state index in [0.717, 1.165) is 34.1 Å². The first-order valence-electron chi connectivity index (χ1n) is 13.9. The Morgan fingerprint density at radius 3 is 2.08 bits per heavy atom. The third-order valence-electron chi connectivity index (χ3n) is 7.33. The van der Waals surface area contributed by atoms with Crippen molar-refractivity contribution in [3.63, 3.8) is 0 Å². The summed E-state index contributed by atoms with van der Waals surface area (Å²) in [4.78, 5) is 61.4. The van der Waals surface area contributed by atoms with E-state index in [4.69, 9.17) is 0 Å². The van der Waals surface area contributed by atoms with E-state index in [9.17, 15) is 19.2 Å². The lowest BCUT2D eigenvalue weighted by atomic mass is 10.1. The van der Waals surface area contributed by atoms with Crippen LogP contribution in [0.5, 0.6) is 0 Å². The number of aromatic amines is 2. The average Bonchev–Trinajstić information content (AvgIpc) is 2.92. The summed E-state index contributed by atoms with van der Waals surface area (Å²) in [5, 5.41) is 1.02. The molecule has 4 rings (SSSR count). The molecule has 0 radical (unpaired) electrons. The Hall–Kier alpha value is -3.95. The zero-order valence-corrected chi connectivity index (χ0v) is 23.1. The Bertz CT molecular complexity index is 1650. The molecule has 4 aromatic rings. The summed E-state index contributed by atoms with van der Waals surface area (Å²) in [5.41, 5.74) is -0.188. The molecule has 10 heteroatoms. The zero-order chi connectivity index (χ0) is 27.9. The van der Waals surface area contributed by atoms with Gasteiger partial charge in [-0.25, -0.2) is 14.6 Å². The SMILES string of the molecule is CCCCCCCCCCCCN(c1ccc2nc3[nH]c(=O)n(C)c(=O)c3cc2c1)c1cc(=O)n(C)c(=O)[nH]1. The van der Waals surface area contributed by atoms with Crippen LogP contribution in [0.25, 0.3) is 21.9 Å². The average molecular weight is 535 g/mol. The van der Waals surface area contributed by atoms with Crippen LogP contribution in [0, 0.1) is 0 Å². The van der Waals surface area contributed by atoms with Gasteiger partial charge < -0.3 is 4.90 Å². The molecule has 0 saturated heterocycles. The van der Waals surface area contributed by atoms with Crippen molar-refractivity contribution in [2.75, 3.05) is 11.4 Å². The molecule has 3 heterocycles. The van der Waals surface area contributed by atoms with Gasteiger partial charge in [0.2, 0.25) is 0 Å². The Morgan fingerprint density at radius 1 is 0.769 bits per heavy atom. The first-order chi connectivity index (χ1) is 18.8. The van der Waals surface area contributed by atoms with Gasteiger partial charge in [-0.05, 0) is 30.7 Å². The van der Waals surface area contributed by atoms with Crippen molar-refractivity contribution in [1.82, 2.24) is 24.1 Å². The van der Waals surface area contributed by atoms with E-state index in [1.54, 1.807) is 6.07 Å². The molecule has 0 unspecified atom stereocenters. The number of fused-ring (bicyclic) bond motifs is 2. The maximum absolute atomic E-state index is 12.7. The lowest BCUT2D eigenvalue weighted by Crippen LogP contribution is -2.34. The van der Waals surface area contributed by atoms with Gasteiger partial charge in [0.05, 0.1) is 10.9 Å². The van der Waals surface area contributed by atoms with E-state index in [1.807, 2.05) is 23.1 Å². The maximum atomic E-state index is 12.7. The first-order valence-corrected chi connectivity index (χ1v) is 13.9. The van der Waals surface area contributed by atoms with Crippen LogP contribution in [0.2, 0.25) is 0 Å². The van der Waals surface area contributed by atoms with Gasteiger partial charge in [-0.3, -0.25) is 28.7 Å². The van der Waals surface area contributed by atoms with Crippen LogP contribution in [0.3, 0.4) is 0 Å². The quantitative estimate of drug-likeness (QED) is 0.195. The number of pyridine rings is 1. The lowest BCUT2D eigenvalue weighted by molar-refractivity contribution is 0.557. The smallest absolute Gasteiger partial charge is 0.328 e. The molecule has 0 aliphatic heterocycles. The van der Waals surface area contributed by atoms with Gasteiger partial charge in [0.1, 0.15) is 11.5 Å². The monoisotopic (exact) mass is 534 g/mol. The number of rotatable bonds is 13. The fourth-order valence-electron chi connectivity index (χ4n) is 4.88. The minimum Gasteiger partial charge on any atom is -0.328 e. The van der Waals surface area contributed by atoms with Gasteiger partial charge in [0.15, 0.2) is 0 Å². The van der Waals surface area contributed by atoms with E-state index in [1.165, 1.54) is 65.1 Å². The Kier molecular flexibility index (Phi) is 9.16. The molecule has 0 spiro atoms. The second-order valence-electron chi connectivity index (χ2n) is 10.2. The molecule has 2 N–H and O–H groups in total. The highest BCUT2D eigenvalue weighted by molar-refractivity contribution is 5.92. The van der Waals surface area contributed by atoms with E-state index in [0.29, 0.717) is 28.7 Å². The van der Waals surface area contributed by atoms with E-state index in [2.05, 4.69) is 21.9 Å². The molecule has 0 aliphatic carbocycles. The number of aromatic nitrogens is 5. The predicted octanol–water partition coefficient (Wildman–Crippen LogP) is 4.22. The normalized spacial score (nSPS) is 11.5. The summed E-state index contributed by atoms with van der Waals surface area (Å²) < 4.78 is 2.05. The largest absolute Gasteiger partial charge is 0.329 e. The lowest BCUT2D eigenvalue weighted by Gasteiger charge is -2.25. The molecule has 0 saturated carbocycles. The summed E-state index contributed by atoms with van der Waals surface area (Å²) in [5.74, 6) is 0.423. The number of H-pyrrole nitrogens is 2. The fraction of sp³-hybridized carbons (Fsp3) is 0.483. The first kappa shape index (κ1) is 28.1. The highest BCUT2D eigenvalue weighted by atomic mass is 16.2. The van der Waals surface area contributed by atoms with E-state index in [-0.39, 0.29) is 11.2 Å². The molecule has 3 aromatic heterocycles. The standard InChI is InChI=1S/C29H38N6O4/c1-4-5-6-7-8-9-10-11-12-13-16-35(24-19-25(36)33(2)28(38)31-24)21-14-15-23-20(17-21)18-22-26(30-23)32-29(39)34(3)27(22)37/h14-15,17-19H,4-13,16H2,1-3H3,(H,31,38)(H,30,32,39). The van der Waals surface area contributed by atoms with Crippen LogP contribution < -0.4 is 27.4 Å². The third kappa shape index (κ3) is 6.55. The Balaban J connectivity index is 1.57. The predicted molar refractivity (Wildman–Crippen MR) is 156 cm³/mol. The molecule has 0 fully saturated rings. The van der Waals surface area contributed by atoms with Crippen molar-refractivity contribution in [2.24, 2.45) is 14.1 Å². The molecule has 1 aromatic carbocycles. The van der Waals surface area contributed by atoms with Crippen molar-refractivity contribution in [3.05, 3.63) is 72.0 Å². The summed E-state index contributed by atoms with van der Waals surface area (Å²) >= 11 is 0. The fourth-order valence-corrected chi connectivity index (χ4v) is 4.88. The van der Waals surface area contributed by atoms with E-state index < -0.39 is 16.9 Å². The van der Waals surface area contributed by atoms with Crippen LogP contribution in [0.1, 0.15) is 71.1 Å². The van der Waals surface area contributed by atoms with Crippen molar-refractivity contribution in [1.29, 1.82) is 0 Å². The van der Waals surface area contributed by atoms with Crippen molar-refractivity contribution < 1.29 is 0 Å². The van der Waals surface area contributed by atoms with Crippen LogP contribution in [0.4, 0.5) is 11.5 Å². The molecule has 10 nitrogen and oxygen atoms in total. The molecule has 208 valence electrons. The van der Waals surface area contributed by atoms with Gasteiger partial charge >= 0.3 is 11.4 Å². The summed E-state index contributed by atoms with van der Waals surface area (Å²) in [6.45, 7) is 2.84. The second kappa shape index (κ2) is 12.7. The summed E-state index contributed by atoms with van der Waals surface area (Å²) in [6, 6.07) is 8.71. The minimum atomic E-state index is -0.520. The van der Waals surface area contributed by atoms with Crippen LogP contribution >= 0.6 is 0 Å². The van der Waals surface area contributed by atoms with Gasteiger partial charge in [-0.15, -0.1) is 0 Å². The minimum absolute atomic E-state index is 0.237. The molecule has 0 amide bonds. The topological polar surface area (TPSA) is 126 Å². The number of nitrogens with one attached hydrogen (secondary N) is 2. The second-order valence-corrected chi connectivity index (χ2v) is 10.2. The summed E-state index contributed by atoms with van der Waals surface area (Å²) in [7, 11) is 2.86. The number of benzene rings is 1. The number of nitrogens with zero attached hydrogens (tertiary/aromatic N) is 4. The van der Waals surface area contributed by atoms with Crippen LogP contribution in [-0.4, -0.2) is 30.6 Å². The number of hydrogen-bond acceptors (Lipinski definition) is 6. The van der Waals surface area contributed by atoms with Crippen molar-refractivity contribution >= 4 is 33.4 Å². The van der Waals surface area contributed by atoms with Gasteiger partial charge in [-0.1, -0.05) is 64.7 Å². The third-order valence-corrected chi connectivity index (χ3v) is 7.33. The number of anilines is 2. The van der Waals surface area contributed by atoms with E-state index >= 15 is 0 Å². The van der Waals surface area contributed by atoms with Gasteiger partial charge in [-0.2, -0.15) is 0 Å². The molecule has 0 bridgehead atoms. The van der Waals surface area contributed by atoms with Crippen LogP contribution in [-0.2, 0) is 14.1 Å². The maximum Gasteiger partial charge on any atom is 0.329 e. The van der Waals surface area contributed by atoms with Gasteiger partial charge in [0.25, 0.3) is 11.1 Å². The van der Waals surface area contributed by atoms with Crippen molar-refractivity contribution in [2.45, 2.75) is 71.1 Å². The van der Waals surface area contributed by atoms with Crippen molar-refractivity contribution in [3.8, 4) is 0 Å². The molecule has 0 aliphatic rings. The Labute approximate surface area is 226 Å². The Morgan fingerprint density at radius 2 is 1.41 bits per heavy atom. The zero-order valence-electron chi connectivity index (χ0n) is 23.1. The van der Waals surface area contributed by atoms with Crippen LogP contribution in [0.15, 0.2) is 49.5 Å². The molecule has 39 heavy (non-hydrogen) atoms. The summed E-state index contributed by atoms with van der Waals surface area (Å²) in [6.07, 6.45) is 12.0. The van der Waals surface area contributed by atoms with Gasteiger partial charge in [0, 0.05) is 37.8 Å². The number of unbranched alkanes of at least 4 members (excludes halogenated alkanes) is 9. The molecular formula is C29H38N6O4. The molecular weight excluding hydrogens is 496 g/mol. The highest BCUT2D eigenvalue weighted by Crippen LogP contribution is 2.27. The highest BCUT2D eigenvalue weighted by Gasteiger charge is 2.15. The number of hydrogen-bond donors (Lipinski definition) is 2.